The number of piperidine rings is 1. The average molecular weight is 496 g/mol. The second-order valence-electron chi connectivity index (χ2n) is 9.30. The molecule has 3 heterocycles. The minimum absolute atomic E-state index is 0.136. The molecule has 0 bridgehead atoms. The first-order valence-corrected chi connectivity index (χ1v) is 13.2. The lowest BCUT2D eigenvalue weighted by atomic mass is 10.0. The molecule has 2 aliphatic rings. The van der Waals surface area contributed by atoms with Gasteiger partial charge in [-0.2, -0.15) is 13.1 Å². The molecule has 2 amide bonds. The second-order valence-corrected chi connectivity index (χ2v) is 11.7. The lowest BCUT2D eigenvalue weighted by Crippen LogP contribution is -2.58. The van der Waals surface area contributed by atoms with Crippen molar-refractivity contribution in [3.05, 3.63) is 18.2 Å². The first-order chi connectivity index (χ1) is 15.6. The fourth-order valence-electron chi connectivity index (χ4n) is 4.22. The largest absolute Gasteiger partial charge is 0.444 e. The molecule has 4 rings (SSSR count). The van der Waals surface area contributed by atoms with E-state index >= 15 is 0 Å². The minimum Gasteiger partial charge on any atom is -0.444 e. The molecule has 1 aromatic carbocycles. The maximum absolute atomic E-state index is 13.3. The summed E-state index contributed by atoms with van der Waals surface area (Å²) < 4.78 is 41.6. The Bertz CT molecular complexity index is 1140. The van der Waals surface area contributed by atoms with Gasteiger partial charge in [0.15, 0.2) is 0 Å². The van der Waals surface area contributed by atoms with Crippen molar-refractivity contribution < 1.29 is 22.7 Å². The first-order valence-electron chi connectivity index (χ1n) is 11.1. The van der Waals surface area contributed by atoms with Crippen LogP contribution in [-0.2, 0) is 19.6 Å². The fourth-order valence-corrected chi connectivity index (χ4v) is 6.39. The van der Waals surface area contributed by atoms with Crippen molar-refractivity contribution in [1.29, 1.82) is 0 Å². The van der Waals surface area contributed by atoms with Crippen LogP contribution in [0.2, 0.25) is 0 Å². The van der Waals surface area contributed by atoms with Gasteiger partial charge in [0.05, 0.1) is 11.7 Å². The molecule has 0 radical (unpaired) electrons. The lowest BCUT2D eigenvalue weighted by molar-refractivity contribution is -0.139. The number of nitrogens with zero attached hydrogens (tertiary/aromatic N) is 5. The van der Waals surface area contributed by atoms with E-state index in [-0.39, 0.29) is 37.0 Å². The zero-order chi connectivity index (χ0) is 23.8. The van der Waals surface area contributed by atoms with Gasteiger partial charge in [0.2, 0.25) is 15.9 Å². The van der Waals surface area contributed by atoms with Gasteiger partial charge in [0.1, 0.15) is 27.6 Å². The van der Waals surface area contributed by atoms with E-state index < -0.39 is 27.8 Å². The number of ether oxygens (including phenoxy) is 1. The average Bonchev–Trinajstić information content (AvgIpc) is 3.26. The van der Waals surface area contributed by atoms with Crippen LogP contribution in [0.4, 0.5) is 4.79 Å². The Morgan fingerprint density at radius 2 is 1.79 bits per heavy atom. The highest BCUT2D eigenvalue weighted by Gasteiger charge is 2.39. The zero-order valence-electron chi connectivity index (χ0n) is 19.1. The van der Waals surface area contributed by atoms with Gasteiger partial charge in [-0.25, -0.2) is 13.2 Å². The highest BCUT2D eigenvalue weighted by Crippen LogP contribution is 2.26. The molecule has 0 saturated carbocycles. The van der Waals surface area contributed by atoms with Crippen LogP contribution in [0.15, 0.2) is 23.1 Å². The lowest BCUT2D eigenvalue weighted by Gasteiger charge is -2.40. The summed E-state index contributed by atoms with van der Waals surface area (Å²) in [6.45, 7) is 6.77. The number of sulfonamides is 1. The molecule has 10 nitrogen and oxygen atoms in total. The summed E-state index contributed by atoms with van der Waals surface area (Å²) in [4.78, 5) is 29.3. The molecule has 0 N–H and O–H groups in total. The van der Waals surface area contributed by atoms with E-state index in [4.69, 9.17) is 4.74 Å². The summed E-state index contributed by atoms with van der Waals surface area (Å²) in [5, 5.41) is 0. The van der Waals surface area contributed by atoms with E-state index in [9.17, 15) is 18.0 Å². The number of hydrogen-bond acceptors (Lipinski definition) is 8. The number of piperazine rings is 1. The third-order valence-corrected chi connectivity index (χ3v) is 8.31. The van der Waals surface area contributed by atoms with Crippen molar-refractivity contribution >= 4 is 44.8 Å². The van der Waals surface area contributed by atoms with Crippen molar-refractivity contribution in [3.8, 4) is 0 Å². The number of amides is 2. The normalized spacial score (nSPS) is 20.8. The van der Waals surface area contributed by atoms with E-state index in [1.54, 1.807) is 37.8 Å². The SMILES string of the molecule is CC(C)(C)OC(=O)N1CCCCC1C(=O)N1CCN(S(=O)(=O)c2cccc3nsnc23)CC1. The Labute approximate surface area is 197 Å². The van der Waals surface area contributed by atoms with Crippen molar-refractivity contribution in [2.45, 2.75) is 56.6 Å². The van der Waals surface area contributed by atoms with Gasteiger partial charge in [-0.1, -0.05) is 6.07 Å². The number of carbonyl (C=O) groups excluding carboxylic acids is 2. The number of rotatable bonds is 3. The molecule has 2 saturated heterocycles. The molecule has 2 aliphatic heterocycles. The molecular formula is C21H29N5O5S2. The van der Waals surface area contributed by atoms with Crippen LogP contribution in [0.5, 0.6) is 0 Å². The predicted molar refractivity (Wildman–Crippen MR) is 123 cm³/mol. The van der Waals surface area contributed by atoms with Gasteiger partial charge in [-0.15, -0.1) is 0 Å². The molecule has 1 aromatic heterocycles. The predicted octanol–water partition coefficient (Wildman–Crippen LogP) is 2.31. The summed E-state index contributed by atoms with van der Waals surface area (Å²) >= 11 is 0.977. The van der Waals surface area contributed by atoms with E-state index in [0.717, 1.165) is 24.6 Å². The smallest absolute Gasteiger partial charge is 0.410 e. The number of fused-ring (bicyclic) bond motifs is 1. The van der Waals surface area contributed by atoms with Gasteiger partial charge in [-0.05, 0) is 52.2 Å². The molecule has 2 fully saturated rings. The maximum Gasteiger partial charge on any atom is 0.410 e. The summed E-state index contributed by atoms with van der Waals surface area (Å²) in [7, 11) is -3.76. The van der Waals surface area contributed by atoms with Crippen molar-refractivity contribution in [3.63, 3.8) is 0 Å². The van der Waals surface area contributed by atoms with Gasteiger partial charge in [0, 0.05) is 32.7 Å². The molecule has 180 valence electrons. The van der Waals surface area contributed by atoms with Crippen molar-refractivity contribution in [2.24, 2.45) is 0 Å². The summed E-state index contributed by atoms with van der Waals surface area (Å²) in [6.07, 6.45) is 1.78. The van der Waals surface area contributed by atoms with Crippen molar-refractivity contribution in [1.82, 2.24) is 22.9 Å². The monoisotopic (exact) mass is 495 g/mol. The van der Waals surface area contributed by atoms with Crippen LogP contribution in [0.1, 0.15) is 40.0 Å². The number of carbonyl (C=O) groups is 2. The van der Waals surface area contributed by atoms with Crippen LogP contribution in [-0.4, -0.2) is 87.6 Å². The Morgan fingerprint density at radius 1 is 1.06 bits per heavy atom. The third kappa shape index (κ3) is 4.97. The highest BCUT2D eigenvalue weighted by molar-refractivity contribution is 7.89. The van der Waals surface area contributed by atoms with E-state index in [1.807, 2.05) is 0 Å². The summed E-state index contributed by atoms with van der Waals surface area (Å²) in [5.41, 5.74) is 0.281. The standard InChI is InChI=1S/C21H29N5O5S2/c1-21(2,3)31-20(28)26-10-5-4-8-16(26)19(27)24-11-13-25(14-12-24)33(29,30)17-9-6-7-15-18(17)23-32-22-15/h6-7,9,16H,4-5,8,10-14H2,1-3H3. The van der Waals surface area contributed by atoms with Crippen LogP contribution >= 0.6 is 11.7 Å². The molecule has 12 heteroatoms. The van der Waals surface area contributed by atoms with Gasteiger partial charge in [0.25, 0.3) is 0 Å². The third-order valence-electron chi connectivity index (χ3n) is 5.83. The molecule has 33 heavy (non-hydrogen) atoms. The number of benzene rings is 1. The van der Waals surface area contributed by atoms with Gasteiger partial charge >= 0.3 is 6.09 Å². The molecule has 2 aromatic rings. The number of aromatic nitrogens is 2. The molecular weight excluding hydrogens is 466 g/mol. The van der Waals surface area contributed by atoms with Crippen LogP contribution in [0.3, 0.4) is 0 Å². The van der Waals surface area contributed by atoms with E-state index in [2.05, 4.69) is 8.75 Å². The van der Waals surface area contributed by atoms with Crippen LogP contribution in [0, 0.1) is 0 Å². The van der Waals surface area contributed by atoms with Gasteiger partial charge < -0.3 is 9.64 Å². The Kier molecular flexibility index (Phi) is 6.61. The van der Waals surface area contributed by atoms with Crippen LogP contribution in [0.25, 0.3) is 11.0 Å². The van der Waals surface area contributed by atoms with Gasteiger partial charge in [-0.3, -0.25) is 9.69 Å². The summed E-state index contributed by atoms with van der Waals surface area (Å²) in [5.74, 6) is -0.150. The van der Waals surface area contributed by atoms with Crippen LogP contribution < -0.4 is 0 Å². The van der Waals surface area contributed by atoms with E-state index in [1.165, 1.54) is 15.3 Å². The summed E-state index contributed by atoms with van der Waals surface area (Å²) in [6, 6.07) is 4.35. The molecule has 0 spiro atoms. The van der Waals surface area contributed by atoms with Crippen molar-refractivity contribution in [2.75, 3.05) is 32.7 Å². The topological polar surface area (TPSA) is 113 Å². The maximum atomic E-state index is 13.3. The Hall–Kier alpha value is -2.31. The Balaban J connectivity index is 1.44. The Morgan fingerprint density at radius 3 is 2.48 bits per heavy atom. The fraction of sp³-hybridized carbons (Fsp3) is 0.619. The van der Waals surface area contributed by atoms with E-state index in [0.29, 0.717) is 24.0 Å². The minimum atomic E-state index is -3.76. The molecule has 0 aliphatic carbocycles. The second kappa shape index (κ2) is 9.15. The number of hydrogen-bond donors (Lipinski definition) is 0. The first kappa shape index (κ1) is 23.8. The quantitative estimate of drug-likeness (QED) is 0.642. The zero-order valence-corrected chi connectivity index (χ0v) is 20.7. The molecule has 1 atom stereocenters. The highest BCUT2D eigenvalue weighted by atomic mass is 32.2. The molecule has 1 unspecified atom stereocenters. The number of likely N-dealkylation sites (tertiary alicyclic amines) is 1.